The fourth-order valence-electron chi connectivity index (χ4n) is 5.24. The number of rotatable bonds is 12. The first kappa shape index (κ1) is 27.8. The fourth-order valence-corrected chi connectivity index (χ4v) is 5.24. The van der Waals surface area contributed by atoms with Crippen molar-refractivity contribution < 1.29 is 34.1 Å². The van der Waals surface area contributed by atoms with Gasteiger partial charge in [-0.15, -0.1) is 0 Å². The number of amides is 1. The normalized spacial score (nSPS) is 17.6. The number of hydrogen-bond donors (Lipinski definition) is 3. The topological polar surface area (TPSA) is 115 Å². The molecule has 0 spiro atoms. The maximum Gasteiger partial charge on any atom is 0.317 e. The Morgan fingerprint density at radius 1 is 0.897 bits per heavy atom. The number of aryl methyl sites for hydroxylation is 1. The molecule has 7 nitrogen and oxygen atoms in total. The Morgan fingerprint density at radius 2 is 1.51 bits per heavy atom. The van der Waals surface area contributed by atoms with E-state index in [1.165, 1.54) is 12.1 Å². The Balaban J connectivity index is 1.48. The molecule has 0 radical (unpaired) electrons. The zero-order chi connectivity index (χ0) is 28.1. The highest BCUT2D eigenvalue weighted by Gasteiger charge is 2.48. The molecule has 0 bridgehead atoms. The Labute approximate surface area is 226 Å². The number of carbonyl (C=O) groups is 3. The first-order chi connectivity index (χ1) is 18.7. The highest BCUT2D eigenvalue weighted by molar-refractivity contribution is 6.03. The zero-order valence-electron chi connectivity index (χ0n) is 21.7. The monoisotopic (exact) mass is 533 g/mol. The third-order valence-electron chi connectivity index (χ3n) is 7.57. The van der Waals surface area contributed by atoms with Crippen LogP contribution in [-0.4, -0.2) is 33.2 Å². The molecule has 204 valence electrons. The van der Waals surface area contributed by atoms with E-state index in [-0.39, 0.29) is 41.8 Å². The number of β-lactam (4-membered cyclic amide) rings is 1. The van der Waals surface area contributed by atoms with Gasteiger partial charge in [0.1, 0.15) is 11.6 Å². The van der Waals surface area contributed by atoms with Crippen molar-refractivity contribution >= 4 is 23.5 Å². The van der Waals surface area contributed by atoms with E-state index in [4.69, 9.17) is 10.2 Å². The summed E-state index contributed by atoms with van der Waals surface area (Å²) in [5, 5.41) is 27.8. The van der Waals surface area contributed by atoms with Crippen LogP contribution in [0.2, 0.25) is 0 Å². The average Bonchev–Trinajstić information content (AvgIpc) is 2.91. The predicted octanol–water partition coefficient (Wildman–Crippen LogP) is 5.93. The average molecular weight is 534 g/mol. The van der Waals surface area contributed by atoms with Gasteiger partial charge in [-0.1, -0.05) is 43.3 Å². The largest absolute Gasteiger partial charge is 0.508 e. The standard InChI is InChI=1S/C31H32FNO6/c1-19(21-10-12-23(32)13-11-21)5-18-26-28(33(29(26)35)24-14-16-25(34)17-15-24)22-8-6-20(7-9-22)3-2-4-27(30(36)37)31(38)39/h6-17,19,26-28,34H,2-5,18H2,1H3,(H,36,37)(H,38,39)/t19-,26+,28+/m0/s1. The first-order valence-corrected chi connectivity index (χ1v) is 13.1. The number of halogens is 1. The second-order valence-corrected chi connectivity index (χ2v) is 10.2. The van der Waals surface area contributed by atoms with Crippen LogP contribution < -0.4 is 4.90 Å². The first-order valence-electron chi connectivity index (χ1n) is 13.1. The lowest BCUT2D eigenvalue weighted by atomic mass is 9.77. The summed E-state index contributed by atoms with van der Waals surface area (Å²) in [4.78, 5) is 37.3. The number of phenolic OH excluding ortho intramolecular Hbond substituents is 1. The van der Waals surface area contributed by atoms with Crippen molar-refractivity contribution in [3.05, 3.63) is 95.3 Å². The van der Waals surface area contributed by atoms with Crippen molar-refractivity contribution in [3.8, 4) is 5.75 Å². The van der Waals surface area contributed by atoms with Crippen LogP contribution in [0.15, 0.2) is 72.8 Å². The minimum Gasteiger partial charge on any atom is -0.508 e. The molecule has 3 aromatic rings. The van der Waals surface area contributed by atoms with Crippen LogP contribution in [0, 0.1) is 17.7 Å². The van der Waals surface area contributed by atoms with Gasteiger partial charge in [-0.25, -0.2) is 4.39 Å². The molecule has 1 amide bonds. The van der Waals surface area contributed by atoms with Gasteiger partial charge in [0.15, 0.2) is 5.92 Å². The lowest BCUT2D eigenvalue weighted by Crippen LogP contribution is -2.55. The third-order valence-corrected chi connectivity index (χ3v) is 7.57. The molecular formula is C31H32FNO6. The molecule has 1 heterocycles. The summed E-state index contributed by atoms with van der Waals surface area (Å²) in [6.07, 6.45) is 2.43. The van der Waals surface area contributed by atoms with Gasteiger partial charge in [-0.3, -0.25) is 14.4 Å². The van der Waals surface area contributed by atoms with Crippen LogP contribution in [0.4, 0.5) is 10.1 Å². The summed E-state index contributed by atoms with van der Waals surface area (Å²) in [6, 6.07) is 20.6. The van der Waals surface area contributed by atoms with Gasteiger partial charge in [0, 0.05) is 5.69 Å². The highest BCUT2D eigenvalue weighted by Crippen LogP contribution is 2.46. The van der Waals surface area contributed by atoms with E-state index >= 15 is 0 Å². The lowest BCUT2D eigenvalue weighted by molar-refractivity contribution is -0.154. The number of phenols is 1. The van der Waals surface area contributed by atoms with Crippen molar-refractivity contribution in [2.75, 3.05) is 4.90 Å². The number of aliphatic carboxylic acids is 2. The molecule has 39 heavy (non-hydrogen) atoms. The Hall–Kier alpha value is -4.20. The number of benzene rings is 3. The molecular weight excluding hydrogens is 501 g/mol. The van der Waals surface area contributed by atoms with Gasteiger partial charge in [0.05, 0.1) is 12.0 Å². The van der Waals surface area contributed by atoms with Crippen LogP contribution in [0.5, 0.6) is 5.75 Å². The number of carbonyl (C=O) groups excluding carboxylic acids is 1. The summed E-state index contributed by atoms with van der Waals surface area (Å²) in [6.45, 7) is 2.07. The molecule has 1 fully saturated rings. The maximum absolute atomic E-state index is 13.3. The number of carboxylic acid groups (broad SMARTS) is 2. The predicted molar refractivity (Wildman–Crippen MR) is 144 cm³/mol. The zero-order valence-corrected chi connectivity index (χ0v) is 21.7. The second-order valence-electron chi connectivity index (χ2n) is 10.2. The molecule has 1 saturated heterocycles. The van der Waals surface area contributed by atoms with Crippen LogP contribution in [-0.2, 0) is 20.8 Å². The lowest BCUT2D eigenvalue weighted by Gasteiger charge is -2.48. The fraction of sp³-hybridized carbons (Fsp3) is 0.323. The van der Waals surface area contributed by atoms with Gasteiger partial charge < -0.3 is 20.2 Å². The number of carboxylic acids is 2. The molecule has 3 N–H and O–H groups in total. The van der Waals surface area contributed by atoms with Crippen LogP contribution in [0.25, 0.3) is 0 Å². The summed E-state index contributed by atoms with van der Waals surface area (Å²) in [7, 11) is 0. The molecule has 1 aliphatic rings. The minimum absolute atomic E-state index is 0.00876. The third kappa shape index (κ3) is 6.45. The molecule has 0 aromatic heterocycles. The van der Waals surface area contributed by atoms with E-state index in [1.807, 2.05) is 24.3 Å². The van der Waals surface area contributed by atoms with Gasteiger partial charge in [-0.05, 0) is 91.1 Å². The van der Waals surface area contributed by atoms with Crippen LogP contribution in [0.1, 0.15) is 61.3 Å². The van der Waals surface area contributed by atoms with E-state index in [1.54, 1.807) is 41.3 Å². The van der Waals surface area contributed by atoms with Gasteiger partial charge in [-0.2, -0.15) is 0 Å². The summed E-state index contributed by atoms with van der Waals surface area (Å²) < 4.78 is 13.3. The minimum atomic E-state index is -1.41. The number of anilines is 1. The Kier molecular flexibility index (Phi) is 8.64. The second kappa shape index (κ2) is 12.1. The van der Waals surface area contributed by atoms with Crippen LogP contribution >= 0.6 is 0 Å². The summed E-state index contributed by atoms with van der Waals surface area (Å²) >= 11 is 0. The number of nitrogens with zero attached hydrogens (tertiary/aromatic N) is 1. The van der Waals surface area contributed by atoms with Crippen molar-refractivity contribution in [1.82, 2.24) is 0 Å². The molecule has 8 heteroatoms. The molecule has 3 aromatic carbocycles. The summed E-state index contributed by atoms with van der Waals surface area (Å²) in [5.41, 5.74) is 3.63. The molecule has 4 rings (SSSR count). The maximum atomic E-state index is 13.3. The molecule has 3 atom stereocenters. The highest BCUT2D eigenvalue weighted by atomic mass is 19.1. The molecule has 0 unspecified atom stereocenters. The van der Waals surface area contributed by atoms with Gasteiger partial charge in [0.2, 0.25) is 5.91 Å². The van der Waals surface area contributed by atoms with E-state index in [2.05, 4.69) is 6.92 Å². The van der Waals surface area contributed by atoms with E-state index in [0.29, 0.717) is 24.9 Å². The Bertz CT molecular complexity index is 1290. The van der Waals surface area contributed by atoms with Crippen molar-refractivity contribution in [2.45, 2.75) is 51.0 Å². The Morgan fingerprint density at radius 3 is 2.10 bits per heavy atom. The SMILES string of the molecule is C[C@@H](CC[C@H]1C(=O)N(c2ccc(O)cc2)[C@@H]1c1ccc(CCCC(C(=O)O)C(=O)O)cc1)c1ccc(F)cc1. The van der Waals surface area contributed by atoms with Crippen molar-refractivity contribution in [3.63, 3.8) is 0 Å². The smallest absolute Gasteiger partial charge is 0.317 e. The van der Waals surface area contributed by atoms with Crippen molar-refractivity contribution in [1.29, 1.82) is 0 Å². The van der Waals surface area contributed by atoms with Crippen molar-refractivity contribution in [2.24, 2.45) is 11.8 Å². The van der Waals surface area contributed by atoms with E-state index in [9.17, 15) is 23.9 Å². The van der Waals surface area contributed by atoms with Crippen LogP contribution in [0.3, 0.4) is 0 Å². The van der Waals surface area contributed by atoms with Gasteiger partial charge in [0.25, 0.3) is 0 Å². The number of aromatic hydroxyl groups is 1. The quantitative estimate of drug-likeness (QED) is 0.196. The van der Waals surface area contributed by atoms with Gasteiger partial charge >= 0.3 is 11.9 Å². The van der Waals surface area contributed by atoms with E-state index in [0.717, 1.165) is 23.1 Å². The summed E-state index contributed by atoms with van der Waals surface area (Å²) in [5.74, 6) is -4.31. The molecule has 1 aliphatic heterocycles. The molecule has 0 aliphatic carbocycles. The molecule has 0 saturated carbocycles. The van der Waals surface area contributed by atoms with E-state index < -0.39 is 17.9 Å². The number of hydrogen-bond acceptors (Lipinski definition) is 4.